The molecule has 2 aromatic rings. The molecule has 156 valence electrons. The zero-order valence-corrected chi connectivity index (χ0v) is 18.2. The summed E-state index contributed by atoms with van der Waals surface area (Å²) in [6.45, 7) is 6.03. The van der Waals surface area contributed by atoms with E-state index in [2.05, 4.69) is 5.32 Å². The van der Waals surface area contributed by atoms with Gasteiger partial charge in [0.25, 0.3) is 5.56 Å². The van der Waals surface area contributed by atoms with E-state index in [1.807, 2.05) is 13.8 Å². The van der Waals surface area contributed by atoms with Crippen LogP contribution in [0.3, 0.4) is 0 Å². The highest BCUT2D eigenvalue weighted by Gasteiger charge is 2.27. The van der Waals surface area contributed by atoms with E-state index >= 15 is 0 Å². The van der Waals surface area contributed by atoms with Gasteiger partial charge in [0.15, 0.2) is 5.16 Å². The van der Waals surface area contributed by atoms with Crippen molar-refractivity contribution < 1.29 is 14.3 Å². The summed E-state index contributed by atoms with van der Waals surface area (Å²) < 4.78 is 7.40. The molecular weight excluding hydrogens is 412 g/mol. The average molecular weight is 437 g/mol. The Bertz CT molecular complexity index is 1010. The van der Waals surface area contributed by atoms with Crippen molar-refractivity contribution in [2.24, 2.45) is 0 Å². The number of hydrogen-bond acceptors (Lipinski definition) is 7. The second-order valence-electron chi connectivity index (χ2n) is 7.18. The van der Waals surface area contributed by atoms with Crippen molar-refractivity contribution >= 4 is 45.3 Å². The summed E-state index contributed by atoms with van der Waals surface area (Å²) >= 11 is 2.73. The minimum Gasteiger partial charge on any atom is -0.376 e. The van der Waals surface area contributed by atoms with Crippen LogP contribution in [0, 0.1) is 6.92 Å². The van der Waals surface area contributed by atoms with Crippen molar-refractivity contribution in [2.45, 2.75) is 50.9 Å². The summed E-state index contributed by atoms with van der Waals surface area (Å²) in [6.07, 6.45) is 2.65. The van der Waals surface area contributed by atoms with E-state index in [-0.39, 0.29) is 29.4 Å². The van der Waals surface area contributed by atoms with Gasteiger partial charge in [-0.05, 0) is 31.7 Å². The molecule has 0 aromatic carbocycles. The van der Waals surface area contributed by atoms with Gasteiger partial charge in [0, 0.05) is 24.6 Å². The third-order valence-corrected chi connectivity index (χ3v) is 7.33. The predicted octanol–water partition coefficient (Wildman–Crippen LogP) is 2.15. The summed E-state index contributed by atoms with van der Waals surface area (Å²) in [4.78, 5) is 45.3. The standard InChI is InChI=1S/C19H24N4O4S2/c1-3-13-11(2)29-16-15(13)17(25)23(9-12-5-4-8-27-12)19(21-16)28-10-14(24)22-7-6-20-18(22)26/h12H,3-10H2,1-2H3,(H,20,26). The number of imide groups is 1. The number of carbonyl (C=O) groups excluding carboxylic acids is 2. The fourth-order valence-electron chi connectivity index (χ4n) is 3.83. The highest BCUT2D eigenvalue weighted by Crippen LogP contribution is 2.30. The fraction of sp³-hybridized carbons (Fsp3) is 0.579. The first-order valence-corrected chi connectivity index (χ1v) is 11.6. The Morgan fingerprint density at radius 1 is 1.41 bits per heavy atom. The second-order valence-corrected chi connectivity index (χ2v) is 9.33. The molecule has 2 saturated heterocycles. The number of hydrogen-bond donors (Lipinski definition) is 1. The molecule has 29 heavy (non-hydrogen) atoms. The molecule has 0 saturated carbocycles. The van der Waals surface area contributed by atoms with Gasteiger partial charge in [0.2, 0.25) is 5.91 Å². The van der Waals surface area contributed by atoms with Crippen molar-refractivity contribution in [1.82, 2.24) is 19.8 Å². The van der Waals surface area contributed by atoms with Crippen LogP contribution in [0.5, 0.6) is 0 Å². The predicted molar refractivity (Wildman–Crippen MR) is 113 cm³/mol. The SMILES string of the molecule is CCc1c(C)sc2nc(SCC(=O)N3CCNC3=O)n(CC3CCCO3)c(=O)c12. The van der Waals surface area contributed by atoms with Crippen LogP contribution in [0.1, 0.15) is 30.2 Å². The maximum absolute atomic E-state index is 13.4. The van der Waals surface area contributed by atoms with Crippen LogP contribution in [0.2, 0.25) is 0 Å². The van der Waals surface area contributed by atoms with Crippen molar-refractivity contribution in [3.8, 4) is 0 Å². The van der Waals surface area contributed by atoms with Gasteiger partial charge < -0.3 is 10.1 Å². The highest BCUT2D eigenvalue weighted by molar-refractivity contribution is 7.99. The van der Waals surface area contributed by atoms with E-state index in [1.54, 1.807) is 4.57 Å². The molecule has 4 rings (SSSR count). The number of amides is 3. The van der Waals surface area contributed by atoms with Crippen molar-refractivity contribution in [3.63, 3.8) is 0 Å². The number of aromatic nitrogens is 2. The van der Waals surface area contributed by atoms with Gasteiger partial charge in [0.05, 0.1) is 23.8 Å². The molecule has 1 N–H and O–H groups in total. The Morgan fingerprint density at radius 3 is 2.90 bits per heavy atom. The van der Waals surface area contributed by atoms with Crippen molar-refractivity contribution in [2.75, 3.05) is 25.4 Å². The molecule has 1 unspecified atom stereocenters. The number of nitrogens with one attached hydrogen (secondary N) is 1. The highest BCUT2D eigenvalue weighted by atomic mass is 32.2. The first kappa shape index (κ1) is 20.4. The van der Waals surface area contributed by atoms with Crippen LogP contribution in [-0.4, -0.2) is 57.9 Å². The quantitative estimate of drug-likeness (QED) is 0.551. The number of thiophene rings is 1. The number of ether oxygens (including phenoxy) is 1. The lowest BCUT2D eigenvalue weighted by molar-refractivity contribution is -0.124. The number of fused-ring (bicyclic) bond motifs is 1. The van der Waals surface area contributed by atoms with Crippen LogP contribution < -0.4 is 10.9 Å². The van der Waals surface area contributed by atoms with E-state index in [0.29, 0.717) is 41.6 Å². The van der Waals surface area contributed by atoms with Gasteiger partial charge in [-0.1, -0.05) is 18.7 Å². The molecule has 0 radical (unpaired) electrons. The smallest absolute Gasteiger partial charge is 0.324 e. The molecule has 1 atom stereocenters. The summed E-state index contributed by atoms with van der Waals surface area (Å²) in [5, 5.41) is 3.82. The first-order valence-electron chi connectivity index (χ1n) is 9.85. The van der Waals surface area contributed by atoms with E-state index in [4.69, 9.17) is 9.72 Å². The van der Waals surface area contributed by atoms with Gasteiger partial charge >= 0.3 is 6.03 Å². The van der Waals surface area contributed by atoms with Gasteiger partial charge in [-0.3, -0.25) is 19.1 Å². The number of nitrogens with zero attached hydrogens (tertiary/aromatic N) is 3. The van der Waals surface area contributed by atoms with Crippen molar-refractivity contribution in [1.29, 1.82) is 0 Å². The Morgan fingerprint density at radius 2 is 2.24 bits per heavy atom. The minimum atomic E-state index is -0.364. The number of thioether (sulfide) groups is 1. The molecule has 3 amide bonds. The number of rotatable bonds is 6. The molecular formula is C19H24N4O4S2. The number of carbonyl (C=O) groups is 2. The monoisotopic (exact) mass is 436 g/mol. The summed E-state index contributed by atoms with van der Waals surface area (Å²) in [7, 11) is 0. The molecule has 0 spiro atoms. The Labute approximate surface area is 176 Å². The Hall–Kier alpha value is -1.91. The van der Waals surface area contributed by atoms with Crippen LogP contribution in [0.25, 0.3) is 10.2 Å². The molecule has 4 heterocycles. The summed E-state index contributed by atoms with van der Waals surface area (Å²) in [5.74, 6) is -0.221. The zero-order chi connectivity index (χ0) is 20.5. The van der Waals surface area contributed by atoms with Gasteiger partial charge in [-0.25, -0.2) is 9.78 Å². The molecule has 2 aromatic heterocycles. The van der Waals surface area contributed by atoms with Gasteiger partial charge in [-0.2, -0.15) is 0 Å². The molecule has 2 fully saturated rings. The summed E-state index contributed by atoms with van der Waals surface area (Å²) in [5.41, 5.74) is 0.977. The Kier molecular flexibility index (Phi) is 5.93. The van der Waals surface area contributed by atoms with E-state index in [9.17, 15) is 14.4 Å². The van der Waals surface area contributed by atoms with Crippen LogP contribution in [-0.2, 0) is 22.5 Å². The maximum atomic E-state index is 13.4. The fourth-order valence-corrected chi connectivity index (χ4v) is 5.87. The zero-order valence-electron chi connectivity index (χ0n) is 16.5. The van der Waals surface area contributed by atoms with Gasteiger partial charge in [0.1, 0.15) is 4.83 Å². The lowest BCUT2D eigenvalue weighted by Crippen LogP contribution is -2.35. The minimum absolute atomic E-state index is 0.0174. The topological polar surface area (TPSA) is 93.5 Å². The van der Waals surface area contributed by atoms with Crippen LogP contribution in [0.15, 0.2) is 9.95 Å². The number of urea groups is 1. The lowest BCUT2D eigenvalue weighted by Gasteiger charge is -2.17. The molecule has 10 heteroatoms. The number of aryl methyl sites for hydroxylation is 2. The van der Waals surface area contributed by atoms with Crippen LogP contribution in [0.4, 0.5) is 4.79 Å². The Balaban J connectivity index is 1.67. The lowest BCUT2D eigenvalue weighted by atomic mass is 10.1. The molecule has 0 bridgehead atoms. The van der Waals surface area contributed by atoms with Gasteiger partial charge in [-0.15, -0.1) is 11.3 Å². The average Bonchev–Trinajstić information content (AvgIpc) is 3.42. The summed E-state index contributed by atoms with van der Waals surface area (Å²) in [6, 6.07) is -0.364. The molecule has 2 aliphatic heterocycles. The van der Waals surface area contributed by atoms with Crippen molar-refractivity contribution in [3.05, 3.63) is 20.8 Å². The molecule has 2 aliphatic rings. The van der Waals surface area contributed by atoms with E-state index in [0.717, 1.165) is 29.7 Å². The third-order valence-electron chi connectivity index (χ3n) is 5.32. The molecule has 8 nitrogen and oxygen atoms in total. The maximum Gasteiger partial charge on any atom is 0.324 e. The van der Waals surface area contributed by atoms with E-state index < -0.39 is 0 Å². The third kappa shape index (κ3) is 3.93. The normalized spacial score (nSPS) is 19.3. The first-order chi connectivity index (χ1) is 14.0. The molecule has 0 aliphatic carbocycles. The second kappa shape index (κ2) is 8.45. The van der Waals surface area contributed by atoms with Crippen LogP contribution >= 0.6 is 23.1 Å². The largest absolute Gasteiger partial charge is 0.376 e. The van der Waals surface area contributed by atoms with E-state index in [1.165, 1.54) is 28.0 Å².